The third kappa shape index (κ3) is 2.53. The van der Waals surface area contributed by atoms with Crippen LogP contribution in [0.4, 0.5) is 0 Å². The summed E-state index contributed by atoms with van der Waals surface area (Å²) in [5.74, 6) is 0.743. The molecule has 0 aliphatic rings. The van der Waals surface area contributed by atoms with Gasteiger partial charge in [0.25, 0.3) is 0 Å². The van der Waals surface area contributed by atoms with E-state index in [4.69, 9.17) is 9.61 Å². The number of nitrogens with zero attached hydrogens (tertiary/aromatic N) is 5. The van der Waals surface area contributed by atoms with E-state index in [1.807, 2.05) is 49.5 Å². The van der Waals surface area contributed by atoms with Crippen molar-refractivity contribution in [1.29, 1.82) is 0 Å². The Hall–Kier alpha value is -2.54. The number of para-hydroxylation sites is 2. The van der Waals surface area contributed by atoms with Crippen molar-refractivity contribution in [3.05, 3.63) is 58.5 Å². The molecule has 0 bridgehead atoms. The molecule has 0 spiro atoms. The third-order valence-corrected chi connectivity index (χ3v) is 4.12. The zero-order valence-corrected chi connectivity index (χ0v) is 13.9. The Kier molecular flexibility index (Phi) is 3.42. The highest BCUT2D eigenvalue weighted by Gasteiger charge is 2.18. The number of fused-ring (bicyclic) bond motifs is 1. The standard InChI is InChI=1S/C16H12BrN5O/c1-10-15(21-23-20-10)16-19-12-4-2-3-5-13(12)22(16)9-11-6-7-14(17)18-8-11/h2-8H,9H2,1H3. The number of imidazole rings is 1. The molecule has 0 amide bonds. The van der Waals surface area contributed by atoms with Crippen LogP contribution in [0.5, 0.6) is 0 Å². The molecule has 4 aromatic rings. The molecule has 0 aliphatic heterocycles. The molecule has 114 valence electrons. The van der Waals surface area contributed by atoms with Crippen molar-refractivity contribution in [2.75, 3.05) is 0 Å². The monoisotopic (exact) mass is 369 g/mol. The van der Waals surface area contributed by atoms with Crippen LogP contribution in [0.2, 0.25) is 0 Å². The quantitative estimate of drug-likeness (QED) is 0.516. The lowest BCUT2D eigenvalue weighted by Gasteiger charge is -2.08. The van der Waals surface area contributed by atoms with Crippen molar-refractivity contribution < 1.29 is 4.63 Å². The Morgan fingerprint density at radius 3 is 2.74 bits per heavy atom. The Morgan fingerprint density at radius 2 is 2.00 bits per heavy atom. The SMILES string of the molecule is Cc1nonc1-c1nc2ccccc2n1Cc1ccc(Br)nc1. The molecule has 3 aromatic heterocycles. The van der Waals surface area contributed by atoms with E-state index in [-0.39, 0.29) is 0 Å². The van der Waals surface area contributed by atoms with Crippen molar-refractivity contribution in [1.82, 2.24) is 24.8 Å². The van der Waals surface area contributed by atoms with Gasteiger partial charge in [-0.15, -0.1) is 0 Å². The first-order valence-electron chi connectivity index (χ1n) is 7.07. The van der Waals surface area contributed by atoms with Crippen molar-refractivity contribution in [3.63, 3.8) is 0 Å². The first-order valence-corrected chi connectivity index (χ1v) is 7.87. The molecule has 0 saturated carbocycles. The molecule has 0 radical (unpaired) electrons. The second-order valence-corrected chi connectivity index (χ2v) is 6.01. The number of aromatic nitrogens is 5. The van der Waals surface area contributed by atoms with Crippen LogP contribution in [0.15, 0.2) is 51.8 Å². The molecule has 3 heterocycles. The zero-order valence-electron chi connectivity index (χ0n) is 12.3. The molecule has 0 aliphatic carbocycles. The Labute approximate surface area is 140 Å². The normalized spacial score (nSPS) is 11.2. The molecule has 23 heavy (non-hydrogen) atoms. The Morgan fingerprint density at radius 1 is 1.13 bits per heavy atom. The largest absolute Gasteiger partial charge is 0.318 e. The van der Waals surface area contributed by atoms with E-state index in [0.717, 1.165) is 32.7 Å². The van der Waals surface area contributed by atoms with Gasteiger partial charge in [-0.05, 0) is 51.8 Å². The third-order valence-electron chi connectivity index (χ3n) is 3.65. The van der Waals surface area contributed by atoms with Gasteiger partial charge in [-0.3, -0.25) is 0 Å². The van der Waals surface area contributed by atoms with Crippen LogP contribution in [-0.4, -0.2) is 24.8 Å². The summed E-state index contributed by atoms with van der Waals surface area (Å²) in [4.78, 5) is 8.99. The van der Waals surface area contributed by atoms with Gasteiger partial charge in [-0.25, -0.2) is 14.6 Å². The minimum absolute atomic E-state index is 0.641. The number of aryl methyl sites for hydroxylation is 1. The predicted molar refractivity (Wildman–Crippen MR) is 88.8 cm³/mol. The summed E-state index contributed by atoms with van der Waals surface area (Å²) < 4.78 is 7.76. The van der Waals surface area contributed by atoms with Crippen LogP contribution >= 0.6 is 15.9 Å². The molecule has 1 aromatic carbocycles. The van der Waals surface area contributed by atoms with E-state index in [2.05, 4.69) is 35.8 Å². The number of rotatable bonds is 3. The van der Waals surface area contributed by atoms with Crippen molar-refractivity contribution in [3.8, 4) is 11.5 Å². The molecule has 0 saturated heterocycles. The van der Waals surface area contributed by atoms with Gasteiger partial charge < -0.3 is 4.57 Å². The summed E-state index contributed by atoms with van der Waals surface area (Å²) in [6.45, 7) is 2.50. The average Bonchev–Trinajstić information content (AvgIpc) is 3.13. The highest BCUT2D eigenvalue weighted by atomic mass is 79.9. The highest BCUT2D eigenvalue weighted by molar-refractivity contribution is 9.10. The minimum Gasteiger partial charge on any atom is -0.318 e. The molecular formula is C16H12BrN5O. The lowest BCUT2D eigenvalue weighted by Crippen LogP contribution is -2.03. The smallest absolute Gasteiger partial charge is 0.173 e. The van der Waals surface area contributed by atoms with Gasteiger partial charge in [0.15, 0.2) is 11.5 Å². The first kappa shape index (κ1) is 14.1. The van der Waals surface area contributed by atoms with Gasteiger partial charge in [0.2, 0.25) is 0 Å². The summed E-state index contributed by atoms with van der Waals surface area (Å²) in [5, 5.41) is 7.87. The van der Waals surface area contributed by atoms with Crippen LogP contribution in [0.25, 0.3) is 22.6 Å². The van der Waals surface area contributed by atoms with Crippen LogP contribution in [-0.2, 0) is 6.54 Å². The fraction of sp³-hybridized carbons (Fsp3) is 0.125. The molecule has 7 heteroatoms. The van der Waals surface area contributed by atoms with Gasteiger partial charge >= 0.3 is 0 Å². The maximum absolute atomic E-state index is 4.84. The van der Waals surface area contributed by atoms with E-state index in [1.54, 1.807) is 0 Å². The van der Waals surface area contributed by atoms with Gasteiger partial charge in [-0.2, -0.15) is 0 Å². The number of halogens is 1. The number of hydrogen-bond donors (Lipinski definition) is 0. The number of hydrogen-bond acceptors (Lipinski definition) is 5. The highest BCUT2D eigenvalue weighted by Crippen LogP contribution is 2.26. The zero-order chi connectivity index (χ0) is 15.8. The van der Waals surface area contributed by atoms with Gasteiger partial charge in [0.05, 0.1) is 17.6 Å². The summed E-state index contributed by atoms with van der Waals surface area (Å²) >= 11 is 3.36. The van der Waals surface area contributed by atoms with Gasteiger partial charge in [-0.1, -0.05) is 23.4 Å². The lowest BCUT2D eigenvalue weighted by atomic mass is 10.2. The summed E-state index contributed by atoms with van der Waals surface area (Å²) in [7, 11) is 0. The fourth-order valence-corrected chi connectivity index (χ4v) is 2.77. The molecule has 0 fully saturated rings. The van der Waals surface area contributed by atoms with E-state index < -0.39 is 0 Å². The van der Waals surface area contributed by atoms with Gasteiger partial charge in [0, 0.05) is 6.20 Å². The molecular weight excluding hydrogens is 358 g/mol. The molecule has 0 atom stereocenters. The molecule has 0 unspecified atom stereocenters. The van der Waals surface area contributed by atoms with Gasteiger partial charge in [0.1, 0.15) is 10.3 Å². The first-order chi connectivity index (χ1) is 11.2. The van der Waals surface area contributed by atoms with Crippen LogP contribution < -0.4 is 0 Å². The fourth-order valence-electron chi connectivity index (χ4n) is 2.53. The van der Waals surface area contributed by atoms with Crippen molar-refractivity contribution in [2.24, 2.45) is 0 Å². The van der Waals surface area contributed by atoms with E-state index >= 15 is 0 Å². The maximum atomic E-state index is 4.84. The predicted octanol–water partition coefficient (Wildman–Crippen LogP) is 3.60. The van der Waals surface area contributed by atoms with Crippen LogP contribution in [0, 0.1) is 6.92 Å². The van der Waals surface area contributed by atoms with E-state index in [0.29, 0.717) is 12.2 Å². The molecule has 6 nitrogen and oxygen atoms in total. The van der Waals surface area contributed by atoms with Crippen LogP contribution in [0.1, 0.15) is 11.3 Å². The number of benzene rings is 1. The topological polar surface area (TPSA) is 69.6 Å². The Bertz CT molecular complexity index is 974. The van der Waals surface area contributed by atoms with E-state index in [1.165, 1.54) is 0 Å². The summed E-state index contributed by atoms with van der Waals surface area (Å²) in [6, 6.07) is 12.0. The van der Waals surface area contributed by atoms with E-state index in [9.17, 15) is 0 Å². The number of pyridine rings is 1. The van der Waals surface area contributed by atoms with Crippen molar-refractivity contribution >= 4 is 27.0 Å². The Balaban J connectivity index is 1.89. The van der Waals surface area contributed by atoms with Crippen molar-refractivity contribution in [2.45, 2.75) is 13.5 Å². The summed E-state index contributed by atoms with van der Waals surface area (Å²) in [6.07, 6.45) is 1.84. The molecule has 0 N–H and O–H groups in total. The summed E-state index contributed by atoms with van der Waals surface area (Å²) in [5.41, 5.74) is 4.40. The maximum Gasteiger partial charge on any atom is 0.173 e. The molecule has 4 rings (SSSR count). The van der Waals surface area contributed by atoms with Crippen LogP contribution in [0.3, 0.4) is 0 Å². The lowest BCUT2D eigenvalue weighted by molar-refractivity contribution is 0.305. The second-order valence-electron chi connectivity index (χ2n) is 5.20. The average molecular weight is 370 g/mol. The minimum atomic E-state index is 0.641. The second kappa shape index (κ2) is 5.58.